The van der Waals surface area contributed by atoms with E-state index < -0.39 is 0 Å². The predicted molar refractivity (Wildman–Crippen MR) is 85.1 cm³/mol. The molecule has 0 saturated carbocycles. The first kappa shape index (κ1) is 14.1. The van der Waals surface area contributed by atoms with Gasteiger partial charge in [0.25, 0.3) is 0 Å². The maximum Gasteiger partial charge on any atom is 0.00221 e. The summed E-state index contributed by atoms with van der Waals surface area (Å²) in [4.78, 5) is 2.68. The molecule has 20 heavy (non-hydrogen) atoms. The number of hydrogen-bond donors (Lipinski definition) is 1. The van der Waals surface area contributed by atoms with Gasteiger partial charge in [-0.15, -0.1) is 0 Å². The lowest BCUT2D eigenvalue weighted by atomic mass is 9.94. The highest BCUT2D eigenvalue weighted by Crippen LogP contribution is 2.18. The summed E-state index contributed by atoms with van der Waals surface area (Å²) in [5.74, 6) is 0.938. The largest absolute Gasteiger partial charge is 0.316 e. The zero-order valence-electron chi connectivity index (χ0n) is 12.6. The van der Waals surface area contributed by atoms with E-state index in [-0.39, 0.29) is 0 Å². The van der Waals surface area contributed by atoms with Gasteiger partial charge in [0.05, 0.1) is 0 Å². The third-order valence-electron chi connectivity index (χ3n) is 5.00. The second-order valence-electron chi connectivity index (χ2n) is 6.46. The van der Waals surface area contributed by atoms with Gasteiger partial charge in [-0.1, -0.05) is 24.3 Å². The van der Waals surface area contributed by atoms with Crippen LogP contribution in [0.5, 0.6) is 0 Å². The first-order chi connectivity index (χ1) is 9.92. The molecule has 1 N–H and O–H groups in total. The Morgan fingerprint density at radius 3 is 2.50 bits per heavy atom. The molecule has 1 aromatic rings. The zero-order chi connectivity index (χ0) is 13.6. The second kappa shape index (κ2) is 7.24. The summed E-state index contributed by atoms with van der Waals surface area (Å²) in [6, 6.07) is 8.99. The molecular formula is C18H28N2. The van der Waals surface area contributed by atoms with Crippen LogP contribution < -0.4 is 5.32 Å². The molecule has 1 aromatic carbocycles. The number of nitrogens with zero attached hydrogens (tertiary/aromatic N) is 1. The van der Waals surface area contributed by atoms with Crippen LogP contribution in [0.1, 0.15) is 36.8 Å². The van der Waals surface area contributed by atoms with Crippen molar-refractivity contribution < 1.29 is 0 Å². The van der Waals surface area contributed by atoms with E-state index in [1.54, 1.807) is 11.1 Å². The molecule has 3 rings (SSSR count). The molecule has 0 amide bonds. The Labute approximate surface area is 123 Å². The van der Waals surface area contributed by atoms with Crippen LogP contribution in [0.2, 0.25) is 0 Å². The fourth-order valence-electron chi connectivity index (χ4n) is 3.71. The molecule has 0 spiro atoms. The maximum atomic E-state index is 3.53. The highest BCUT2D eigenvalue weighted by molar-refractivity contribution is 5.28. The van der Waals surface area contributed by atoms with E-state index >= 15 is 0 Å². The van der Waals surface area contributed by atoms with Crippen molar-refractivity contribution in [1.82, 2.24) is 10.2 Å². The molecule has 110 valence electrons. The van der Waals surface area contributed by atoms with Crippen LogP contribution in [0.15, 0.2) is 24.3 Å². The Morgan fingerprint density at radius 1 is 1.10 bits per heavy atom. The number of piperidine rings is 1. The lowest BCUT2D eigenvalue weighted by Gasteiger charge is -2.24. The van der Waals surface area contributed by atoms with Crippen molar-refractivity contribution in [2.45, 2.75) is 38.5 Å². The van der Waals surface area contributed by atoms with Gasteiger partial charge in [0, 0.05) is 13.1 Å². The summed E-state index contributed by atoms with van der Waals surface area (Å²) in [5, 5.41) is 3.53. The molecule has 0 aromatic heterocycles. The van der Waals surface area contributed by atoms with Gasteiger partial charge in [-0.3, -0.25) is 0 Å². The number of fused-ring (bicyclic) bond motifs is 1. The highest BCUT2D eigenvalue weighted by atomic mass is 15.1. The molecule has 1 unspecified atom stereocenters. The van der Waals surface area contributed by atoms with Crippen molar-refractivity contribution >= 4 is 0 Å². The predicted octanol–water partition coefficient (Wildman–Crippen LogP) is 2.87. The van der Waals surface area contributed by atoms with E-state index in [1.165, 1.54) is 71.2 Å². The minimum atomic E-state index is 0.938. The third-order valence-corrected chi connectivity index (χ3v) is 5.00. The van der Waals surface area contributed by atoms with Gasteiger partial charge in [-0.2, -0.15) is 0 Å². The minimum absolute atomic E-state index is 0.938. The molecule has 2 heterocycles. The molecule has 1 fully saturated rings. The molecular weight excluding hydrogens is 244 g/mol. The van der Waals surface area contributed by atoms with E-state index in [9.17, 15) is 0 Å². The summed E-state index contributed by atoms with van der Waals surface area (Å²) in [6.45, 7) is 6.29. The van der Waals surface area contributed by atoms with Crippen LogP contribution in [-0.2, 0) is 12.8 Å². The molecule has 0 radical (unpaired) electrons. The van der Waals surface area contributed by atoms with Crippen molar-refractivity contribution in [3.05, 3.63) is 35.4 Å². The smallest absolute Gasteiger partial charge is 0.00221 e. The molecule has 0 aliphatic carbocycles. The summed E-state index contributed by atoms with van der Waals surface area (Å²) in [7, 11) is 0. The molecule has 2 aliphatic rings. The Bertz CT molecular complexity index is 383. The van der Waals surface area contributed by atoms with Crippen LogP contribution in [0, 0.1) is 5.92 Å². The van der Waals surface area contributed by atoms with Crippen molar-refractivity contribution in [3.63, 3.8) is 0 Å². The summed E-state index contributed by atoms with van der Waals surface area (Å²) >= 11 is 0. The van der Waals surface area contributed by atoms with E-state index in [2.05, 4.69) is 34.5 Å². The third kappa shape index (κ3) is 3.83. The Hall–Kier alpha value is -0.860. The van der Waals surface area contributed by atoms with Crippen molar-refractivity contribution in [1.29, 1.82) is 0 Å². The summed E-state index contributed by atoms with van der Waals surface area (Å²) in [5.41, 5.74) is 3.15. The first-order valence-electron chi connectivity index (χ1n) is 8.41. The number of hydrogen-bond acceptors (Lipinski definition) is 2. The first-order valence-corrected chi connectivity index (χ1v) is 8.41. The quantitative estimate of drug-likeness (QED) is 0.906. The van der Waals surface area contributed by atoms with Gasteiger partial charge in [0.15, 0.2) is 0 Å². The fourth-order valence-corrected chi connectivity index (χ4v) is 3.71. The van der Waals surface area contributed by atoms with Crippen LogP contribution in [0.4, 0.5) is 0 Å². The van der Waals surface area contributed by atoms with E-state index in [0.29, 0.717) is 0 Å². The Balaban J connectivity index is 1.41. The van der Waals surface area contributed by atoms with Crippen molar-refractivity contribution in [3.8, 4) is 0 Å². The monoisotopic (exact) mass is 272 g/mol. The Morgan fingerprint density at radius 2 is 1.85 bits per heavy atom. The van der Waals surface area contributed by atoms with Gasteiger partial charge in [-0.05, 0) is 75.2 Å². The standard InChI is InChI=1S/C18H28N2/c1-2-8-18-10-14-20(13-9-17(18)7-1)12-4-6-16-5-3-11-19-15-16/h1-2,7-8,16,19H,3-6,9-15H2. The van der Waals surface area contributed by atoms with Crippen molar-refractivity contribution in [2.24, 2.45) is 5.92 Å². The number of nitrogens with one attached hydrogen (secondary N) is 1. The molecule has 2 nitrogen and oxygen atoms in total. The molecule has 2 aliphatic heterocycles. The number of benzene rings is 1. The average molecular weight is 272 g/mol. The van der Waals surface area contributed by atoms with Crippen LogP contribution in [0.3, 0.4) is 0 Å². The molecule has 0 bridgehead atoms. The van der Waals surface area contributed by atoms with Gasteiger partial charge < -0.3 is 10.2 Å². The summed E-state index contributed by atoms with van der Waals surface area (Å²) < 4.78 is 0. The van der Waals surface area contributed by atoms with E-state index in [0.717, 1.165) is 5.92 Å². The Kier molecular flexibility index (Phi) is 5.10. The molecule has 1 atom stereocenters. The normalized spacial score (nSPS) is 24.1. The van der Waals surface area contributed by atoms with Crippen molar-refractivity contribution in [2.75, 3.05) is 32.7 Å². The summed E-state index contributed by atoms with van der Waals surface area (Å²) in [6.07, 6.45) is 8.09. The molecule has 1 saturated heterocycles. The fraction of sp³-hybridized carbons (Fsp3) is 0.667. The van der Waals surface area contributed by atoms with Gasteiger partial charge in [-0.25, -0.2) is 0 Å². The number of rotatable bonds is 4. The average Bonchev–Trinajstić information content (AvgIpc) is 2.71. The topological polar surface area (TPSA) is 15.3 Å². The second-order valence-corrected chi connectivity index (χ2v) is 6.46. The van der Waals surface area contributed by atoms with Gasteiger partial charge in [0.2, 0.25) is 0 Å². The highest BCUT2D eigenvalue weighted by Gasteiger charge is 2.15. The van der Waals surface area contributed by atoms with Gasteiger partial charge in [0.1, 0.15) is 0 Å². The van der Waals surface area contributed by atoms with Gasteiger partial charge >= 0.3 is 0 Å². The van der Waals surface area contributed by atoms with Crippen LogP contribution in [-0.4, -0.2) is 37.6 Å². The van der Waals surface area contributed by atoms with Crippen LogP contribution in [0.25, 0.3) is 0 Å². The molecule has 2 heteroatoms. The zero-order valence-corrected chi connectivity index (χ0v) is 12.6. The minimum Gasteiger partial charge on any atom is -0.316 e. The lowest BCUT2D eigenvalue weighted by Crippen LogP contribution is -2.31. The van der Waals surface area contributed by atoms with E-state index in [4.69, 9.17) is 0 Å². The maximum absolute atomic E-state index is 3.53. The van der Waals surface area contributed by atoms with E-state index in [1.807, 2.05) is 0 Å². The van der Waals surface area contributed by atoms with Crippen LogP contribution >= 0.6 is 0 Å². The SMILES string of the molecule is c1ccc2c(c1)CCN(CCCC1CCCNC1)CC2. The lowest BCUT2D eigenvalue weighted by molar-refractivity contribution is 0.262.